The molecule has 124 valence electrons. The van der Waals surface area contributed by atoms with Crippen LogP contribution in [0.1, 0.15) is 20.3 Å². The predicted molar refractivity (Wildman–Crippen MR) is 96.8 cm³/mol. The summed E-state index contributed by atoms with van der Waals surface area (Å²) in [6.07, 6.45) is 1.01. The maximum absolute atomic E-state index is 5.64. The molecule has 0 spiro atoms. The topological polar surface area (TPSA) is 42.5 Å². The lowest BCUT2D eigenvalue weighted by atomic mass is 10.3. The molecule has 2 rings (SSSR count). The van der Waals surface area contributed by atoms with E-state index in [4.69, 9.17) is 9.47 Å². The molecule has 0 fully saturated rings. The number of rotatable bonds is 10. The van der Waals surface area contributed by atoms with Gasteiger partial charge in [0, 0.05) is 24.8 Å². The third-order valence-electron chi connectivity index (χ3n) is 3.26. The summed E-state index contributed by atoms with van der Waals surface area (Å²) < 4.78 is 11.2. The second-order valence-electron chi connectivity index (χ2n) is 5.16. The minimum atomic E-state index is 0.668. The van der Waals surface area contributed by atoms with Gasteiger partial charge in [-0.25, -0.2) is 0 Å². The first-order chi connectivity index (χ1) is 11.3. The largest absolute Gasteiger partial charge is 0.494 e. The van der Waals surface area contributed by atoms with Gasteiger partial charge in [-0.15, -0.1) is 0 Å². The SMILES string of the molecule is CCCOc1cccc(NCCNc2ccccc2OCC)c1. The molecule has 0 aliphatic heterocycles. The number of anilines is 2. The zero-order valence-electron chi connectivity index (χ0n) is 14.0. The third kappa shape index (κ3) is 5.74. The van der Waals surface area contributed by atoms with Gasteiger partial charge >= 0.3 is 0 Å². The third-order valence-corrected chi connectivity index (χ3v) is 3.26. The van der Waals surface area contributed by atoms with E-state index in [-0.39, 0.29) is 0 Å². The van der Waals surface area contributed by atoms with Crippen LogP contribution in [0.2, 0.25) is 0 Å². The van der Waals surface area contributed by atoms with Crippen molar-refractivity contribution in [3.05, 3.63) is 48.5 Å². The number of nitrogens with one attached hydrogen (secondary N) is 2. The molecule has 0 saturated carbocycles. The molecular formula is C19H26N2O2. The van der Waals surface area contributed by atoms with Crippen molar-refractivity contribution in [2.75, 3.05) is 36.9 Å². The molecule has 0 unspecified atom stereocenters. The fourth-order valence-electron chi connectivity index (χ4n) is 2.21. The molecular weight excluding hydrogens is 288 g/mol. The second kappa shape index (κ2) is 9.62. The Labute approximate surface area is 138 Å². The fraction of sp³-hybridized carbons (Fsp3) is 0.368. The average Bonchev–Trinajstić information content (AvgIpc) is 2.59. The summed E-state index contributed by atoms with van der Waals surface area (Å²) in [5.41, 5.74) is 2.09. The summed E-state index contributed by atoms with van der Waals surface area (Å²) in [5.74, 6) is 1.80. The highest BCUT2D eigenvalue weighted by Crippen LogP contribution is 2.23. The molecule has 2 aromatic rings. The van der Waals surface area contributed by atoms with E-state index in [9.17, 15) is 0 Å². The van der Waals surface area contributed by atoms with Crippen molar-refractivity contribution in [1.82, 2.24) is 0 Å². The van der Waals surface area contributed by atoms with Crippen LogP contribution in [0.15, 0.2) is 48.5 Å². The molecule has 4 nitrogen and oxygen atoms in total. The highest BCUT2D eigenvalue weighted by Gasteiger charge is 2.01. The number of hydrogen-bond acceptors (Lipinski definition) is 4. The normalized spacial score (nSPS) is 10.2. The molecule has 0 bridgehead atoms. The van der Waals surface area contributed by atoms with Gasteiger partial charge in [-0.1, -0.05) is 25.1 Å². The van der Waals surface area contributed by atoms with E-state index in [1.54, 1.807) is 0 Å². The Morgan fingerprint density at radius 3 is 2.52 bits per heavy atom. The molecule has 0 atom stereocenters. The Morgan fingerprint density at radius 2 is 1.70 bits per heavy atom. The molecule has 0 amide bonds. The monoisotopic (exact) mass is 314 g/mol. The highest BCUT2D eigenvalue weighted by molar-refractivity contribution is 5.56. The Balaban J connectivity index is 1.79. The first-order valence-electron chi connectivity index (χ1n) is 8.26. The van der Waals surface area contributed by atoms with Crippen LogP contribution >= 0.6 is 0 Å². The summed E-state index contributed by atoms with van der Waals surface area (Å²) in [4.78, 5) is 0. The van der Waals surface area contributed by atoms with Crippen LogP contribution in [-0.2, 0) is 0 Å². The minimum Gasteiger partial charge on any atom is -0.494 e. The molecule has 0 aliphatic carbocycles. The zero-order valence-corrected chi connectivity index (χ0v) is 14.0. The van der Waals surface area contributed by atoms with E-state index in [2.05, 4.69) is 17.6 Å². The van der Waals surface area contributed by atoms with Gasteiger partial charge in [0.15, 0.2) is 0 Å². The lowest BCUT2D eigenvalue weighted by molar-refractivity contribution is 0.317. The van der Waals surface area contributed by atoms with Crippen molar-refractivity contribution in [1.29, 1.82) is 0 Å². The van der Waals surface area contributed by atoms with Crippen LogP contribution in [0.5, 0.6) is 11.5 Å². The molecule has 0 heterocycles. The molecule has 2 aromatic carbocycles. The first-order valence-corrected chi connectivity index (χ1v) is 8.26. The number of benzene rings is 2. The van der Waals surface area contributed by atoms with Crippen LogP contribution in [-0.4, -0.2) is 26.3 Å². The van der Waals surface area contributed by atoms with E-state index in [0.717, 1.165) is 49.0 Å². The predicted octanol–water partition coefficient (Wildman–Crippen LogP) is 4.40. The van der Waals surface area contributed by atoms with Gasteiger partial charge in [0.25, 0.3) is 0 Å². The van der Waals surface area contributed by atoms with E-state index in [0.29, 0.717) is 6.61 Å². The van der Waals surface area contributed by atoms with E-state index < -0.39 is 0 Å². The van der Waals surface area contributed by atoms with Crippen LogP contribution in [0, 0.1) is 0 Å². The Morgan fingerprint density at radius 1 is 0.870 bits per heavy atom. The van der Waals surface area contributed by atoms with Gasteiger partial charge in [0.05, 0.1) is 18.9 Å². The van der Waals surface area contributed by atoms with Gasteiger partial charge in [0.1, 0.15) is 11.5 Å². The maximum atomic E-state index is 5.64. The molecule has 0 radical (unpaired) electrons. The molecule has 0 aromatic heterocycles. The lowest BCUT2D eigenvalue weighted by Crippen LogP contribution is -2.14. The van der Waals surface area contributed by atoms with Crippen LogP contribution in [0.25, 0.3) is 0 Å². The molecule has 2 N–H and O–H groups in total. The summed E-state index contributed by atoms with van der Waals surface area (Å²) in [6.45, 7) is 7.14. The fourth-order valence-corrected chi connectivity index (χ4v) is 2.21. The highest BCUT2D eigenvalue weighted by atomic mass is 16.5. The standard InChI is InChI=1S/C19H26N2O2/c1-3-14-23-17-9-7-8-16(15-17)20-12-13-21-18-10-5-6-11-19(18)22-4-2/h5-11,15,20-21H,3-4,12-14H2,1-2H3. The molecule has 0 saturated heterocycles. The molecule has 23 heavy (non-hydrogen) atoms. The summed E-state index contributed by atoms with van der Waals surface area (Å²) >= 11 is 0. The quantitative estimate of drug-likeness (QED) is 0.638. The first kappa shape index (κ1) is 17.0. The van der Waals surface area contributed by atoms with Gasteiger partial charge < -0.3 is 20.1 Å². The van der Waals surface area contributed by atoms with Crippen molar-refractivity contribution in [3.8, 4) is 11.5 Å². The van der Waals surface area contributed by atoms with E-state index >= 15 is 0 Å². The second-order valence-corrected chi connectivity index (χ2v) is 5.16. The average molecular weight is 314 g/mol. The van der Waals surface area contributed by atoms with Crippen molar-refractivity contribution < 1.29 is 9.47 Å². The van der Waals surface area contributed by atoms with E-state index in [1.807, 2.05) is 55.5 Å². The van der Waals surface area contributed by atoms with Crippen molar-refractivity contribution in [2.24, 2.45) is 0 Å². The number of para-hydroxylation sites is 2. The zero-order chi connectivity index (χ0) is 16.3. The van der Waals surface area contributed by atoms with Crippen LogP contribution < -0.4 is 20.1 Å². The van der Waals surface area contributed by atoms with Gasteiger partial charge in [0.2, 0.25) is 0 Å². The molecule has 4 heteroatoms. The lowest BCUT2D eigenvalue weighted by Gasteiger charge is -2.13. The van der Waals surface area contributed by atoms with Crippen molar-refractivity contribution >= 4 is 11.4 Å². The summed E-state index contributed by atoms with van der Waals surface area (Å²) in [7, 11) is 0. The van der Waals surface area contributed by atoms with Gasteiger partial charge in [-0.05, 0) is 37.6 Å². The number of hydrogen-bond donors (Lipinski definition) is 2. The smallest absolute Gasteiger partial charge is 0.142 e. The Hall–Kier alpha value is -2.36. The maximum Gasteiger partial charge on any atom is 0.142 e. The Bertz CT molecular complexity index is 587. The Kier molecular flexibility index (Phi) is 7.11. The van der Waals surface area contributed by atoms with Crippen molar-refractivity contribution in [2.45, 2.75) is 20.3 Å². The minimum absolute atomic E-state index is 0.668. The van der Waals surface area contributed by atoms with Crippen molar-refractivity contribution in [3.63, 3.8) is 0 Å². The summed E-state index contributed by atoms with van der Waals surface area (Å²) in [5, 5.41) is 6.80. The van der Waals surface area contributed by atoms with Crippen LogP contribution in [0.3, 0.4) is 0 Å². The molecule has 0 aliphatic rings. The summed E-state index contributed by atoms with van der Waals surface area (Å²) in [6, 6.07) is 16.1. The van der Waals surface area contributed by atoms with Crippen LogP contribution in [0.4, 0.5) is 11.4 Å². The van der Waals surface area contributed by atoms with Gasteiger partial charge in [-0.3, -0.25) is 0 Å². The van der Waals surface area contributed by atoms with Gasteiger partial charge in [-0.2, -0.15) is 0 Å². The van der Waals surface area contributed by atoms with E-state index in [1.165, 1.54) is 0 Å². The number of ether oxygens (including phenoxy) is 2.